The second kappa shape index (κ2) is 6.99. The first-order valence-electron chi connectivity index (χ1n) is 9.07. The zero-order valence-electron chi connectivity index (χ0n) is 16.0. The van der Waals surface area contributed by atoms with Crippen molar-refractivity contribution in [2.24, 2.45) is 0 Å². The maximum absolute atomic E-state index is 13.2. The molecule has 3 rings (SSSR count). The lowest BCUT2D eigenvalue weighted by Crippen LogP contribution is -2.41. The molecule has 1 unspecified atom stereocenters. The van der Waals surface area contributed by atoms with Crippen molar-refractivity contribution in [2.45, 2.75) is 57.3 Å². The van der Waals surface area contributed by atoms with Crippen LogP contribution in [0.1, 0.15) is 50.3 Å². The third kappa shape index (κ3) is 4.22. The summed E-state index contributed by atoms with van der Waals surface area (Å²) in [5, 5.41) is 0. The van der Waals surface area contributed by atoms with Crippen LogP contribution < -0.4 is 0 Å². The summed E-state index contributed by atoms with van der Waals surface area (Å²) in [6.45, 7) is 7.87. The van der Waals surface area contributed by atoms with Crippen LogP contribution in [0.5, 0.6) is 0 Å². The van der Waals surface area contributed by atoms with Crippen molar-refractivity contribution in [3.05, 3.63) is 71.3 Å². The molecule has 0 aromatic heterocycles. The summed E-state index contributed by atoms with van der Waals surface area (Å²) in [4.78, 5) is 0. The minimum absolute atomic E-state index is 0.261. The van der Waals surface area contributed by atoms with Gasteiger partial charge in [0.15, 0.2) is 0 Å². The Morgan fingerprint density at radius 1 is 0.852 bits per heavy atom. The van der Waals surface area contributed by atoms with Crippen LogP contribution in [0.2, 0.25) is 6.32 Å². The summed E-state index contributed by atoms with van der Waals surface area (Å²) >= 11 is 0. The molecule has 2 aromatic carbocycles. The molecule has 0 spiro atoms. The molecule has 0 amide bonds. The van der Waals surface area contributed by atoms with Crippen LogP contribution in [0.3, 0.4) is 0 Å². The maximum atomic E-state index is 13.2. The first-order chi connectivity index (χ1) is 12.5. The quantitative estimate of drug-likeness (QED) is 0.616. The highest BCUT2D eigenvalue weighted by molar-refractivity contribution is 6.45. The van der Waals surface area contributed by atoms with Gasteiger partial charge in [0.05, 0.1) is 16.8 Å². The Hall–Kier alpha value is -1.79. The van der Waals surface area contributed by atoms with Crippen molar-refractivity contribution in [1.82, 2.24) is 0 Å². The molecule has 1 aliphatic rings. The third-order valence-corrected chi connectivity index (χ3v) is 5.55. The number of halogens is 3. The Kier molecular flexibility index (Phi) is 5.17. The van der Waals surface area contributed by atoms with Crippen molar-refractivity contribution in [3.8, 4) is 0 Å². The third-order valence-electron chi connectivity index (χ3n) is 5.55. The highest BCUT2D eigenvalue weighted by Crippen LogP contribution is 2.41. The highest BCUT2D eigenvalue weighted by Gasteiger charge is 2.51. The second-order valence-corrected chi connectivity index (χ2v) is 8.01. The van der Waals surface area contributed by atoms with E-state index in [1.54, 1.807) is 6.07 Å². The molecular formula is C21H24BF3O2. The van der Waals surface area contributed by atoms with E-state index in [0.717, 1.165) is 11.6 Å². The second-order valence-electron chi connectivity index (χ2n) is 8.01. The van der Waals surface area contributed by atoms with E-state index < -0.39 is 30.1 Å². The average Bonchev–Trinajstić information content (AvgIpc) is 2.79. The summed E-state index contributed by atoms with van der Waals surface area (Å²) in [7, 11) is -0.491. The van der Waals surface area contributed by atoms with E-state index in [4.69, 9.17) is 9.31 Å². The topological polar surface area (TPSA) is 18.5 Å². The molecule has 1 saturated heterocycles. The minimum Gasteiger partial charge on any atom is -0.403 e. The molecule has 1 aliphatic heterocycles. The Morgan fingerprint density at radius 2 is 1.41 bits per heavy atom. The first-order valence-corrected chi connectivity index (χ1v) is 9.07. The molecule has 0 N–H and O–H groups in total. The van der Waals surface area contributed by atoms with Crippen molar-refractivity contribution >= 4 is 7.12 Å². The predicted molar refractivity (Wildman–Crippen MR) is 101 cm³/mol. The monoisotopic (exact) mass is 376 g/mol. The number of hydrogen-bond donors (Lipinski definition) is 0. The fraction of sp³-hybridized carbons (Fsp3) is 0.429. The summed E-state index contributed by atoms with van der Waals surface area (Å²) in [5.74, 6) is -0.261. The summed E-state index contributed by atoms with van der Waals surface area (Å²) in [6.07, 6.45) is -3.93. The molecule has 2 nitrogen and oxygen atoms in total. The zero-order chi connectivity index (χ0) is 19.9. The van der Waals surface area contributed by atoms with Gasteiger partial charge < -0.3 is 9.31 Å². The molecule has 0 saturated carbocycles. The molecule has 2 aromatic rings. The van der Waals surface area contributed by atoms with Gasteiger partial charge in [-0.1, -0.05) is 48.5 Å². The molecule has 0 aliphatic carbocycles. The van der Waals surface area contributed by atoms with Crippen LogP contribution >= 0.6 is 0 Å². The van der Waals surface area contributed by atoms with E-state index in [0.29, 0.717) is 11.9 Å². The van der Waals surface area contributed by atoms with Gasteiger partial charge in [-0.3, -0.25) is 0 Å². The molecule has 1 fully saturated rings. The lowest BCUT2D eigenvalue weighted by Gasteiger charge is -2.32. The fourth-order valence-corrected chi connectivity index (χ4v) is 3.34. The fourth-order valence-electron chi connectivity index (χ4n) is 3.34. The largest absolute Gasteiger partial charge is 0.458 e. The number of rotatable bonds is 4. The first kappa shape index (κ1) is 20.0. The van der Waals surface area contributed by atoms with Crippen LogP contribution in [0.4, 0.5) is 13.2 Å². The summed E-state index contributed by atoms with van der Waals surface area (Å²) in [6, 6.07) is 15.0. The van der Waals surface area contributed by atoms with Gasteiger partial charge in [0.25, 0.3) is 0 Å². The molecule has 27 heavy (non-hydrogen) atoms. The summed E-state index contributed by atoms with van der Waals surface area (Å²) in [5.41, 5.74) is -0.0634. The Bertz CT molecular complexity index is 772. The van der Waals surface area contributed by atoms with Gasteiger partial charge >= 0.3 is 13.3 Å². The van der Waals surface area contributed by atoms with Crippen molar-refractivity contribution < 1.29 is 22.5 Å². The smallest absolute Gasteiger partial charge is 0.403 e. The predicted octanol–water partition coefficient (Wildman–Crippen LogP) is 5.93. The van der Waals surface area contributed by atoms with Gasteiger partial charge in [-0.05, 0) is 51.2 Å². The maximum Gasteiger partial charge on any atom is 0.458 e. The van der Waals surface area contributed by atoms with Crippen molar-refractivity contribution in [2.75, 3.05) is 0 Å². The van der Waals surface area contributed by atoms with Crippen LogP contribution in [0, 0.1) is 0 Å². The van der Waals surface area contributed by atoms with Crippen LogP contribution in [0.25, 0.3) is 0 Å². The molecule has 144 valence electrons. The average molecular weight is 376 g/mol. The van der Waals surface area contributed by atoms with E-state index in [1.165, 1.54) is 12.1 Å². The van der Waals surface area contributed by atoms with E-state index in [2.05, 4.69) is 0 Å². The standard InChI is InChI=1S/C21H24BF3O2/c1-19(2)20(3,4)27-22(26-19)14-18(15-9-6-5-7-10-15)16-11-8-12-17(13-16)21(23,24)25/h5-13,18H,14H2,1-4H3. The molecule has 0 radical (unpaired) electrons. The van der Waals surface area contributed by atoms with E-state index >= 15 is 0 Å². The van der Waals surface area contributed by atoms with Gasteiger partial charge in [-0.25, -0.2) is 0 Å². The van der Waals surface area contributed by atoms with Crippen LogP contribution in [-0.4, -0.2) is 18.3 Å². The van der Waals surface area contributed by atoms with E-state index in [-0.39, 0.29) is 5.92 Å². The van der Waals surface area contributed by atoms with E-state index in [9.17, 15) is 13.2 Å². The molecule has 0 bridgehead atoms. The van der Waals surface area contributed by atoms with Crippen molar-refractivity contribution in [1.29, 1.82) is 0 Å². The molecule has 1 atom stereocenters. The van der Waals surface area contributed by atoms with Gasteiger partial charge in [-0.2, -0.15) is 13.2 Å². The number of alkyl halides is 3. The molecule has 6 heteroatoms. The van der Waals surface area contributed by atoms with Gasteiger partial charge in [0.2, 0.25) is 0 Å². The number of hydrogen-bond acceptors (Lipinski definition) is 2. The summed E-state index contributed by atoms with van der Waals surface area (Å²) < 4.78 is 51.8. The minimum atomic E-state index is -4.37. The Balaban J connectivity index is 1.95. The normalized spacial score (nSPS) is 19.9. The van der Waals surface area contributed by atoms with Gasteiger partial charge in [0, 0.05) is 5.92 Å². The van der Waals surface area contributed by atoms with Gasteiger partial charge in [-0.15, -0.1) is 0 Å². The van der Waals surface area contributed by atoms with Crippen molar-refractivity contribution in [3.63, 3.8) is 0 Å². The Labute approximate surface area is 158 Å². The SMILES string of the molecule is CC1(C)OB(CC(c2ccccc2)c2cccc(C(F)(F)F)c2)OC1(C)C. The van der Waals surface area contributed by atoms with Gasteiger partial charge in [0.1, 0.15) is 0 Å². The highest BCUT2D eigenvalue weighted by atomic mass is 19.4. The zero-order valence-corrected chi connectivity index (χ0v) is 16.0. The van der Waals surface area contributed by atoms with Crippen LogP contribution in [-0.2, 0) is 15.5 Å². The molecule has 1 heterocycles. The Morgan fingerprint density at radius 3 is 1.96 bits per heavy atom. The lowest BCUT2D eigenvalue weighted by atomic mass is 9.72. The lowest BCUT2D eigenvalue weighted by molar-refractivity contribution is -0.137. The molecular weight excluding hydrogens is 352 g/mol. The number of benzene rings is 2. The van der Waals surface area contributed by atoms with E-state index in [1.807, 2.05) is 58.0 Å². The van der Waals surface area contributed by atoms with Crippen LogP contribution in [0.15, 0.2) is 54.6 Å².